The Morgan fingerprint density at radius 2 is 1.35 bits per heavy atom. The van der Waals surface area contributed by atoms with Crippen LogP contribution in [-0.2, 0) is 9.59 Å². The van der Waals surface area contributed by atoms with Gasteiger partial charge in [0.05, 0.1) is 7.11 Å². The molecule has 0 saturated heterocycles. The molecule has 7 heteroatoms. The first-order chi connectivity index (χ1) is 12.5. The Hall–Kier alpha value is -3.22. The van der Waals surface area contributed by atoms with Crippen molar-refractivity contribution in [2.24, 2.45) is 0 Å². The molecule has 0 unspecified atom stereocenters. The van der Waals surface area contributed by atoms with Crippen LogP contribution < -0.4 is 25.1 Å². The molecule has 26 heavy (non-hydrogen) atoms. The van der Waals surface area contributed by atoms with Crippen molar-refractivity contribution in [3.05, 3.63) is 53.6 Å². The first kappa shape index (κ1) is 19.1. The second-order valence-corrected chi connectivity index (χ2v) is 5.55. The van der Waals surface area contributed by atoms with Gasteiger partial charge in [-0.05, 0) is 37.1 Å². The summed E-state index contributed by atoms with van der Waals surface area (Å²) >= 11 is 0. The van der Waals surface area contributed by atoms with Gasteiger partial charge in [-0.2, -0.15) is 0 Å². The molecule has 0 radical (unpaired) electrons. The number of hydrogen-bond acceptors (Lipinski definition) is 5. The largest absolute Gasteiger partial charge is 0.493 e. The molecular weight excluding hydrogens is 336 g/mol. The fraction of sp³-hybridized carbons (Fsp3) is 0.263. The average molecular weight is 358 g/mol. The predicted octanol–water partition coefficient (Wildman–Crippen LogP) is 1.92. The third-order valence-corrected chi connectivity index (χ3v) is 3.53. The molecular formula is C19H22N2O5. The van der Waals surface area contributed by atoms with Crippen LogP contribution >= 0.6 is 0 Å². The second-order valence-electron chi connectivity index (χ2n) is 5.55. The first-order valence-electron chi connectivity index (χ1n) is 8.03. The van der Waals surface area contributed by atoms with Gasteiger partial charge >= 0.3 is 0 Å². The minimum atomic E-state index is -0.503. The summed E-state index contributed by atoms with van der Waals surface area (Å²) in [7, 11) is 1.51. The van der Waals surface area contributed by atoms with Crippen molar-refractivity contribution in [1.82, 2.24) is 10.9 Å². The molecule has 138 valence electrons. The normalized spacial score (nSPS) is 9.96. The van der Waals surface area contributed by atoms with Crippen LogP contribution in [0.2, 0.25) is 0 Å². The van der Waals surface area contributed by atoms with E-state index in [0.717, 1.165) is 11.1 Å². The van der Waals surface area contributed by atoms with Crippen LogP contribution in [0.25, 0.3) is 0 Å². The molecule has 0 bridgehead atoms. The summed E-state index contributed by atoms with van der Waals surface area (Å²) in [6.07, 6.45) is 0. The lowest BCUT2D eigenvalue weighted by atomic mass is 10.1. The third kappa shape index (κ3) is 5.41. The highest BCUT2D eigenvalue weighted by atomic mass is 16.5. The van der Waals surface area contributed by atoms with Crippen molar-refractivity contribution in [2.45, 2.75) is 13.8 Å². The van der Waals surface area contributed by atoms with Gasteiger partial charge in [-0.1, -0.05) is 30.3 Å². The number of para-hydroxylation sites is 3. The standard InChI is InChI=1S/C19H22N2O5/c1-13-7-6-8-14(2)19(13)26-12-18(23)21-20-17(22)11-25-16-10-5-4-9-15(16)24-3/h4-10H,11-12H2,1-3H3,(H,20,22)(H,21,23). The molecule has 0 aromatic heterocycles. The van der Waals surface area contributed by atoms with Gasteiger partial charge in [-0.3, -0.25) is 20.4 Å². The van der Waals surface area contributed by atoms with Crippen LogP contribution in [0.5, 0.6) is 17.2 Å². The van der Waals surface area contributed by atoms with E-state index in [0.29, 0.717) is 17.2 Å². The van der Waals surface area contributed by atoms with Gasteiger partial charge in [0.2, 0.25) is 0 Å². The highest BCUT2D eigenvalue weighted by Gasteiger charge is 2.10. The molecule has 7 nitrogen and oxygen atoms in total. The number of rotatable bonds is 7. The fourth-order valence-corrected chi connectivity index (χ4v) is 2.26. The van der Waals surface area contributed by atoms with Gasteiger partial charge in [0.15, 0.2) is 24.7 Å². The molecule has 0 aliphatic carbocycles. The number of hydrazine groups is 1. The molecule has 0 atom stereocenters. The molecule has 2 aromatic rings. The number of benzene rings is 2. The van der Waals surface area contributed by atoms with E-state index < -0.39 is 11.8 Å². The topological polar surface area (TPSA) is 85.9 Å². The highest BCUT2D eigenvalue weighted by molar-refractivity contribution is 5.83. The summed E-state index contributed by atoms with van der Waals surface area (Å²) in [6, 6.07) is 12.7. The molecule has 0 fully saturated rings. The van der Waals surface area contributed by atoms with Crippen LogP contribution in [-0.4, -0.2) is 32.1 Å². The van der Waals surface area contributed by atoms with Crippen molar-refractivity contribution in [3.63, 3.8) is 0 Å². The maximum Gasteiger partial charge on any atom is 0.276 e. The highest BCUT2D eigenvalue weighted by Crippen LogP contribution is 2.25. The monoisotopic (exact) mass is 358 g/mol. The van der Waals surface area contributed by atoms with Crippen LogP contribution in [0.4, 0.5) is 0 Å². The summed E-state index contributed by atoms with van der Waals surface area (Å²) in [6.45, 7) is 3.33. The van der Waals surface area contributed by atoms with Crippen molar-refractivity contribution in [1.29, 1.82) is 0 Å². The van der Waals surface area contributed by atoms with E-state index in [-0.39, 0.29) is 13.2 Å². The number of aryl methyl sites for hydroxylation is 2. The predicted molar refractivity (Wildman–Crippen MR) is 96.2 cm³/mol. The maximum atomic E-state index is 11.8. The van der Waals surface area contributed by atoms with Gasteiger partial charge < -0.3 is 14.2 Å². The van der Waals surface area contributed by atoms with E-state index in [4.69, 9.17) is 14.2 Å². The summed E-state index contributed by atoms with van der Waals surface area (Å²) in [5.41, 5.74) is 6.43. The van der Waals surface area contributed by atoms with E-state index in [1.165, 1.54) is 7.11 Å². The smallest absolute Gasteiger partial charge is 0.276 e. The number of carbonyl (C=O) groups is 2. The lowest BCUT2D eigenvalue weighted by Crippen LogP contribution is -2.45. The molecule has 2 aromatic carbocycles. The molecule has 0 aliphatic rings. The zero-order chi connectivity index (χ0) is 18.9. The number of nitrogens with one attached hydrogen (secondary N) is 2. The Balaban J connectivity index is 1.74. The summed E-state index contributed by atoms with van der Waals surface area (Å²) in [5, 5.41) is 0. The van der Waals surface area contributed by atoms with E-state index in [1.54, 1.807) is 24.3 Å². The van der Waals surface area contributed by atoms with E-state index in [9.17, 15) is 9.59 Å². The fourth-order valence-electron chi connectivity index (χ4n) is 2.26. The molecule has 2 N–H and O–H groups in total. The molecule has 2 amide bonds. The van der Waals surface area contributed by atoms with Crippen molar-refractivity contribution in [2.75, 3.05) is 20.3 Å². The van der Waals surface area contributed by atoms with Crippen LogP contribution in [0.1, 0.15) is 11.1 Å². The molecule has 2 rings (SSSR count). The molecule has 0 spiro atoms. The Kier molecular flexibility index (Phi) is 6.84. The zero-order valence-electron chi connectivity index (χ0n) is 15.0. The van der Waals surface area contributed by atoms with E-state index in [2.05, 4.69) is 10.9 Å². The van der Waals surface area contributed by atoms with Gasteiger partial charge in [-0.15, -0.1) is 0 Å². The van der Waals surface area contributed by atoms with Crippen molar-refractivity contribution in [3.8, 4) is 17.2 Å². The van der Waals surface area contributed by atoms with Crippen molar-refractivity contribution < 1.29 is 23.8 Å². The average Bonchev–Trinajstić information content (AvgIpc) is 2.64. The van der Waals surface area contributed by atoms with Gasteiger partial charge in [0, 0.05) is 0 Å². The summed E-state index contributed by atoms with van der Waals surface area (Å²) < 4.78 is 16.0. The molecule has 0 saturated carbocycles. The number of ether oxygens (including phenoxy) is 3. The Bertz CT molecular complexity index is 756. The summed E-state index contributed by atoms with van der Waals surface area (Å²) in [4.78, 5) is 23.6. The lowest BCUT2D eigenvalue weighted by Gasteiger charge is -2.13. The Morgan fingerprint density at radius 3 is 1.92 bits per heavy atom. The molecule has 0 aliphatic heterocycles. The SMILES string of the molecule is COc1ccccc1OCC(=O)NNC(=O)COc1c(C)cccc1C. The maximum absolute atomic E-state index is 11.8. The Labute approximate surface area is 152 Å². The van der Waals surface area contributed by atoms with Gasteiger partial charge in [0.25, 0.3) is 11.8 Å². The quantitative estimate of drug-likeness (QED) is 0.739. The van der Waals surface area contributed by atoms with Crippen LogP contribution in [0, 0.1) is 13.8 Å². The summed E-state index contributed by atoms with van der Waals surface area (Å²) in [5.74, 6) is 0.643. The minimum Gasteiger partial charge on any atom is -0.493 e. The molecule has 0 heterocycles. The number of hydrogen-bond donors (Lipinski definition) is 2. The third-order valence-electron chi connectivity index (χ3n) is 3.53. The number of amides is 2. The van der Waals surface area contributed by atoms with Gasteiger partial charge in [0.1, 0.15) is 5.75 Å². The minimum absolute atomic E-state index is 0.209. The lowest BCUT2D eigenvalue weighted by molar-refractivity contribution is -0.131. The number of carbonyl (C=O) groups excluding carboxylic acids is 2. The van der Waals surface area contributed by atoms with E-state index >= 15 is 0 Å². The second kappa shape index (κ2) is 9.31. The zero-order valence-corrected chi connectivity index (χ0v) is 15.0. The van der Waals surface area contributed by atoms with Crippen LogP contribution in [0.3, 0.4) is 0 Å². The van der Waals surface area contributed by atoms with Crippen molar-refractivity contribution >= 4 is 11.8 Å². The Morgan fingerprint density at radius 1 is 0.808 bits per heavy atom. The van der Waals surface area contributed by atoms with E-state index in [1.807, 2.05) is 32.0 Å². The van der Waals surface area contributed by atoms with Crippen LogP contribution in [0.15, 0.2) is 42.5 Å². The number of methoxy groups -OCH3 is 1. The van der Waals surface area contributed by atoms with Gasteiger partial charge in [-0.25, -0.2) is 0 Å². The first-order valence-corrected chi connectivity index (χ1v) is 8.03.